The summed E-state index contributed by atoms with van der Waals surface area (Å²) < 4.78 is 0. The van der Waals surface area contributed by atoms with Crippen molar-refractivity contribution in [1.82, 2.24) is 10.2 Å². The highest BCUT2D eigenvalue weighted by Gasteiger charge is 2.30. The van der Waals surface area contributed by atoms with Crippen molar-refractivity contribution in [3.05, 3.63) is 24.3 Å². The smallest absolute Gasteiger partial charge is 0.227 e. The van der Waals surface area contributed by atoms with Gasteiger partial charge in [0, 0.05) is 55.1 Å². The number of carbonyl (C=O) groups excluding carboxylic acids is 3. The van der Waals surface area contributed by atoms with Crippen LogP contribution in [0, 0.1) is 5.92 Å². The molecule has 0 unspecified atom stereocenters. The Bertz CT molecular complexity index is 801. The minimum absolute atomic E-state index is 0.01000. The number of carbonyl (C=O) groups is 3. The summed E-state index contributed by atoms with van der Waals surface area (Å²) in [5.41, 5.74) is 0.958. The highest BCUT2D eigenvalue weighted by molar-refractivity contribution is 7.99. The average molecular weight is 444 g/mol. The first-order valence-corrected chi connectivity index (χ1v) is 12.7. The predicted octanol–water partition coefficient (Wildman–Crippen LogP) is 3.59. The van der Waals surface area contributed by atoms with E-state index in [1.165, 1.54) is 19.3 Å². The third kappa shape index (κ3) is 5.62. The number of likely N-dealkylation sites (tertiary alicyclic amines) is 1. The summed E-state index contributed by atoms with van der Waals surface area (Å²) in [6.45, 7) is 2.14. The Morgan fingerprint density at radius 2 is 1.68 bits per heavy atom. The number of thioether (sulfide) groups is 1. The Kier molecular flexibility index (Phi) is 7.54. The van der Waals surface area contributed by atoms with Crippen LogP contribution >= 0.6 is 11.8 Å². The van der Waals surface area contributed by atoms with Crippen molar-refractivity contribution in [1.29, 1.82) is 0 Å². The van der Waals surface area contributed by atoms with E-state index in [0.717, 1.165) is 55.1 Å². The number of nitrogens with zero attached hydrogens (tertiary/aromatic N) is 2. The van der Waals surface area contributed by atoms with Gasteiger partial charge < -0.3 is 15.1 Å². The van der Waals surface area contributed by atoms with Gasteiger partial charge in [-0.05, 0) is 37.8 Å². The molecule has 1 N–H and O–H groups in total. The molecule has 3 amide bonds. The minimum atomic E-state index is -0.0647. The van der Waals surface area contributed by atoms with E-state index in [1.807, 2.05) is 34.1 Å². The van der Waals surface area contributed by atoms with Crippen molar-refractivity contribution in [3.8, 4) is 0 Å². The van der Waals surface area contributed by atoms with Crippen LogP contribution in [0.25, 0.3) is 0 Å². The van der Waals surface area contributed by atoms with Crippen molar-refractivity contribution in [2.45, 2.75) is 68.7 Å². The van der Waals surface area contributed by atoms with E-state index < -0.39 is 0 Å². The zero-order chi connectivity index (χ0) is 21.6. The molecule has 6 nitrogen and oxygen atoms in total. The number of hydrogen-bond donors (Lipinski definition) is 1. The fourth-order valence-electron chi connectivity index (χ4n) is 4.94. The lowest BCUT2D eigenvalue weighted by molar-refractivity contribution is -0.137. The summed E-state index contributed by atoms with van der Waals surface area (Å²) in [6, 6.07) is 8.05. The minimum Gasteiger partial charge on any atom is -0.353 e. The van der Waals surface area contributed by atoms with Gasteiger partial charge >= 0.3 is 0 Å². The van der Waals surface area contributed by atoms with Crippen LogP contribution in [0.1, 0.15) is 57.8 Å². The summed E-state index contributed by atoms with van der Waals surface area (Å²) in [7, 11) is 0. The van der Waals surface area contributed by atoms with Crippen molar-refractivity contribution in [2.75, 3.05) is 30.3 Å². The summed E-state index contributed by atoms with van der Waals surface area (Å²) >= 11 is 1.77. The van der Waals surface area contributed by atoms with Gasteiger partial charge in [-0.2, -0.15) is 0 Å². The van der Waals surface area contributed by atoms with Crippen LogP contribution < -0.4 is 10.2 Å². The lowest BCUT2D eigenvalue weighted by atomic mass is 9.87. The lowest BCUT2D eigenvalue weighted by Gasteiger charge is -2.35. The quantitative estimate of drug-likeness (QED) is 0.755. The van der Waals surface area contributed by atoms with E-state index in [0.29, 0.717) is 12.5 Å². The third-order valence-corrected chi connectivity index (χ3v) is 7.76. The monoisotopic (exact) mass is 443 g/mol. The first-order valence-electron chi connectivity index (χ1n) is 11.7. The van der Waals surface area contributed by atoms with Crippen LogP contribution in [-0.2, 0) is 14.4 Å². The van der Waals surface area contributed by atoms with Gasteiger partial charge in [0.2, 0.25) is 17.7 Å². The van der Waals surface area contributed by atoms with Gasteiger partial charge in [0.1, 0.15) is 0 Å². The molecule has 2 heterocycles. The van der Waals surface area contributed by atoms with E-state index in [-0.39, 0.29) is 36.6 Å². The lowest BCUT2D eigenvalue weighted by Crippen LogP contribution is -2.48. The fourth-order valence-corrected chi connectivity index (χ4v) is 5.93. The molecule has 1 saturated carbocycles. The first-order chi connectivity index (χ1) is 15.1. The topological polar surface area (TPSA) is 69.7 Å². The second kappa shape index (κ2) is 10.5. The average Bonchev–Trinajstić information content (AvgIpc) is 2.83. The maximum absolute atomic E-state index is 12.7. The van der Waals surface area contributed by atoms with Crippen LogP contribution in [0.2, 0.25) is 0 Å². The number of rotatable bonds is 5. The number of nitrogens with one attached hydrogen (secondary N) is 1. The molecular formula is C24H33N3O3S. The first kappa shape index (κ1) is 22.2. The number of anilines is 1. The molecule has 0 bridgehead atoms. The maximum Gasteiger partial charge on any atom is 0.227 e. The number of benzene rings is 1. The molecule has 1 aliphatic carbocycles. The molecule has 0 spiro atoms. The van der Waals surface area contributed by atoms with E-state index in [4.69, 9.17) is 0 Å². The Morgan fingerprint density at radius 3 is 2.45 bits per heavy atom. The number of piperidine rings is 1. The van der Waals surface area contributed by atoms with E-state index in [9.17, 15) is 14.4 Å². The highest BCUT2D eigenvalue weighted by atomic mass is 32.2. The molecule has 1 aromatic rings. The van der Waals surface area contributed by atoms with Gasteiger partial charge in [0.05, 0.1) is 5.69 Å². The number of para-hydroxylation sites is 1. The Labute approximate surface area is 189 Å². The largest absolute Gasteiger partial charge is 0.353 e. The second-order valence-electron chi connectivity index (χ2n) is 8.86. The third-order valence-electron chi connectivity index (χ3n) is 6.72. The van der Waals surface area contributed by atoms with E-state index >= 15 is 0 Å². The molecule has 0 radical (unpaired) electrons. The SMILES string of the molecule is O=C(CCC(=O)N1CCSc2ccccc21)NC1CCN(C(=O)C2CCCCC2)CC1. The van der Waals surface area contributed by atoms with E-state index in [1.54, 1.807) is 11.8 Å². The van der Waals surface area contributed by atoms with Crippen LogP contribution in [0.5, 0.6) is 0 Å². The summed E-state index contributed by atoms with van der Waals surface area (Å²) in [4.78, 5) is 42.8. The number of fused-ring (bicyclic) bond motifs is 1. The second-order valence-corrected chi connectivity index (χ2v) is 10.0. The normalized spacial score (nSPS) is 20.3. The molecule has 31 heavy (non-hydrogen) atoms. The molecule has 2 aliphatic heterocycles. The van der Waals surface area contributed by atoms with Crippen molar-refractivity contribution in [3.63, 3.8) is 0 Å². The molecule has 7 heteroatoms. The van der Waals surface area contributed by atoms with Crippen molar-refractivity contribution < 1.29 is 14.4 Å². The molecular weight excluding hydrogens is 410 g/mol. The summed E-state index contributed by atoms with van der Waals surface area (Å²) in [5, 5.41) is 3.08. The summed E-state index contributed by atoms with van der Waals surface area (Å²) in [5.74, 6) is 1.35. The maximum atomic E-state index is 12.7. The van der Waals surface area contributed by atoms with Crippen LogP contribution in [0.15, 0.2) is 29.2 Å². The molecule has 4 rings (SSSR count). The van der Waals surface area contributed by atoms with Gasteiger partial charge in [-0.1, -0.05) is 31.4 Å². The summed E-state index contributed by atoms with van der Waals surface area (Å²) in [6.07, 6.45) is 7.70. The Hall–Kier alpha value is -2.02. The predicted molar refractivity (Wildman–Crippen MR) is 123 cm³/mol. The molecule has 0 aromatic heterocycles. The zero-order valence-corrected chi connectivity index (χ0v) is 19.0. The van der Waals surface area contributed by atoms with Crippen LogP contribution in [0.4, 0.5) is 5.69 Å². The zero-order valence-electron chi connectivity index (χ0n) is 18.2. The fraction of sp³-hybridized carbons (Fsp3) is 0.625. The van der Waals surface area contributed by atoms with E-state index in [2.05, 4.69) is 5.32 Å². The number of amides is 3. The van der Waals surface area contributed by atoms with Crippen molar-refractivity contribution >= 4 is 35.2 Å². The van der Waals surface area contributed by atoms with Crippen LogP contribution in [-0.4, -0.2) is 54.1 Å². The molecule has 1 saturated heterocycles. The van der Waals surface area contributed by atoms with Gasteiger partial charge in [-0.15, -0.1) is 11.8 Å². The number of hydrogen-bond acceptors (Lipinski definition) is 4. The Morgan fingerprint density at radius 1 is 0.935 bits per heavy atom. The van der Waals surface area contributed by atoms with Gasteiger partial charge in [0.15, 0.2) is 0 Å². The standard InChI is InChI=1S/C24H33N3O3S/c28-22(10-11-23(29)27-16-17-31-21-9-5-4-8-20(21)27)25-19-12-14-26(15-13-19)24(30)18-6-2-1-3-7-18/h4-5,8-9,18-19H,1-3,6-7,10-17H2,(H,25,28). The molecule has 3 aliphatic rings. The van der Waals surface area contributed by atoms with Gasteiger partial charge in [0.25, 0.3) is 0 Å². The highest BCUT2D eigenvalue weighted by Crippen LogP contribution is 2.34. The molecule has 2 fully saturated rings. The van der Waals surface area contributed by atoms with Crippen LogP contribution in [0.3, 0.4) is 0 Å². The van der Waals surface area contributed by atoms with Crippen molar-refractivity contribution in [2.24, 2.45) is 5.92 Å². The molecule has 0 atom stereocenters. The molecule has 1 aromatic carbocycles. The molecule has 168 valence electrons. The van der Waals surface area contributed by atoms with Gasteiger partial charge in [-0.25, -0.2) is 0 Å². The van der Waals surface area contributed by atoms with Gasteiger partial charge in [-0.3, -0.25) is 14.4 Å². The Balaban J connectivity index is 1.19.